The van der Waals surface area contributed by atoms with Gasteiger partial charge in [0, 0.05) is 6.61 Å². The lowest BCUT2D eigenvalue weighted by Gasteiger charge is -2.11. The Labute approximate surface area is 106 Å². The Bertz CT molecular complexity index is 560. The van der Waals surface area contributed by atoms with Gasteiger partial charge in [-0.15, -0.1) is 0 Å². The molecule has 0 heterocycles. The second kappa shape index (κ2) is 6.15. The molecule has 0 radical (unpaired) electrons. The number of aliphatic hydroxyl groups excluding tert-OH is 1. The fraction of sp³-hybridized carbons (Fsp3) is 0.267. The normalized spacial score (nSPS) is 12.2. The van der Waals surface area contributed by atoms with Crippen LogP contribution in [0.5, 0.6) is 0 Å². The third-order valence-electron chi connectivity index (χ3n) is 2.78. The summed E-state index contributed by atoms with van der Waals surface area (Å²) in [5.41, 5.74) is 0.856. The number of benzene rings is 2. The molecule has 0 spiro atoms. The van der Waals surface area contributed by atoms with Crippen molar-refractivity contribution in [1.82, 2.24) is 0 Å². The van der Waals surface area contributed by atoms with E-state index >= 15 is 0 Å². The summed E-state index contributed by atoms with van der Waals surface area (Å²) >= 11 is 0. The second-order valence-corrected chi connectivity index (χ2v) is 4.06. The zero-order chi connectivity index (χ0) is 12.8. The summed E-state index contributed by atoms with van der Waals surface area (Å²) in [6, 6.07) is 16.0. The fourth-order valence-corrected chi connectivity index (χ4v) is 1.84. The average molecular weight is 241 g/mol. The molecule has 0 fully saturated rings. The minimum Gasteiger partial charge on any atom is -0.396 e. The molecule has 3 nitrogen and oxygen atoms in total. The van der Waals surface area contributed by atoms with Crippen LogP contribution in [-0.4, -0.2) is 18.3 Å². The van der Waals surface area contributed by atoms with E-state index in [1.54, 1.807) is 0 Å². The van der Waals surface area contributed by atoms with Crippen LogP contribution in [0.4, 0.5) is 0 Å². The van der Waals surface area contributed by atoms with Crippen molar-refractivity contribution in [3.05, 3.63) is 48.0 Å². The van der Waals surface area contributed by atoms with Gasteiger partial charge in [0.15, 0.2) is 6.10 Å². The third-order valence-corrected chi connectivity index (χ3v) is 2.78. The van der Waals surface area contributed by atoms with Gasteiger partial charge in [0.25, 0.3) is 0 Å². The van der Waals surface area contributed by atoms with E-state index in [0.29, 0.717) is 13.0 Å². The smallest absolute Gasteiger partial charge is 0.169 e. The molecule has 0 aromatic heterocycles. The zero-order valence-electron chi connectivity index (χ0n) is 10.0. The SMILES string of the molecule is N#CC(OCCCO)c1ccc2ccccc2c1. The molecule has 0 saturated carbocycles. The molecular weight excluding hydrogens is 226 g/mol. The van der Waals surface area contributed by atoms with Crippen LogP contribution in [0.15, 0.2) is 42.5 Å². The number of hydrogen-bond donors (Lipinski definition) is 1. The predicted molar refractivity (Wildman–Crippen MR) is 70.0 cm³/mol. The van der Waals surface area contributed by atoms with Crippen LogP contribution >= 0.6 is 0 Å². The van der Waals surface area contributed by atoms with Gasteiger partial charge in [-0.25, -0.2) is 0 Å². The van der Waals surface area contributed by atoms with Gasteiger partial charge in [-0.3, -0.25) is 0 Å². The molecule has 2 aromatic rings. The van der Waals surface area contributed by atoms with E-state index in [1.165, 1.54) is 0 Å². The maximum absolute atomic E-state index is 9.11. The van der Waals surface area contributed by atoms with E-state index in [-0.39, 0.29) is 6.61 Å². The van der Waals surface area contributed by atoms with Gasteiger partial charge in [0.1, 0.15) is 0 Å². The van der Waals surface area contributed by atoms with Crippen LogP contribution < -0.4 is 0 Å². The summed E-state index contributed by atoms with van der Waals surface area (Å²) in [6.07, 6.45) is -0.0210. The Morgan fingerprint density at radius 3 is 2.67 bits per heavy atom. The highest BCUT2D eigenvalue weighted by molar-refractivity contribution is 5.83. The Balaban J connectivity index is 2.20. The van der Waals surface area contributed by atoms with Crippen molar-refractivity contribution in [3.8, 4) is 6.07 Å². The monoisotopic (exact) mass is 241 g/mol. The Kier molecular flexibility index (Phi) is 4.30. The molecular formula is C15H15NO2. The maximum Gasteiger partial charge on any atom is 0.169 e. The van der Waals surface area contributed by atoms with Gasteiger partial charge in [-0.05, 0) is 28.8 Å². The summed E-state index contributed by atoms with van der Waals surface area (Å²) in [6.45, 7) is 0.470. The first-order chi connectivity index (χ1) is 8.85. The number of aliphatic hydroxyl groups is 1. The van der Waals surface area contributed by atoms with E-state index < -0.39 is 6.10 Å². The molecule has 1 N–H and O–H groups in total. The van der Waals surface area contributed by atoms with Gasteiger partial charge in [0.2, 0.25) is 0 Å². The zero-order valence-corrected chi connectivity index (χ0v) is 10.0. The van der Waals surface area contributed by atoms with Gasteiger partial charge in [-0.1, -0.05) is 36.4 Å². The Hall–Kier alpha value is -1.89. The van der Waals surface area contributed by atoms with Crippen molar-refractivity contribution < 1.29 is 9.84 Å². The summed E-state index contributed by atoms with van der Waals surface area (Å²) in [5, 5.41) is 20.1. The molecule has 0 aliphatic heterocycles. The first-order valence-electron chi connectivity index (χ1n) is 5.96. The maximum atomic E-state index is 9.11. The largest absolute Gasteiger partial charge is 0.396 e. The van der Waals surface area contributed by atoms with E-state index in [0.717, 1.165) is 16.3 Å². The van der Waals surface area contributed by atoms with Crippen LogP contribution in [0.2, 0.25) is 0 Å². The molecule has 18 heavy (non-hydrogen) atoms. The van der Waals surface area contributed by atoms with Gasteiger partial charge in [-0.2, -0.15) is 5.26 Å². The highest BCUT2D eigenvalue weighted by atomic mass is 16.5. The molecule has 0 aliphatic carbocycles. The summed E-state index contributed by atoms with van der Waals surface area (Å²) in [4.78, 5) is 0. The predicted octanol–water partition coefficient (Wildman–Crippen LogP) is 2.80. The Morgan fingerprint density at radius 2 is 1.94 bits per heavy atom. The molecule has 3 heteroatoms. The summed E-state index contributed by atoms with van der Waals surface area (Å²) in [5.74, 6) is 0. The molecule has 2 rings (SSSR count). The Morgan fingerprint density at radius 1 is 1.17 bits per heavy atom. The van der Waals surface area contributed by atoms with Crippen molar-refractivity contribution in [2.45, 2.75) is 12.5 Å². The average Bonchev–Trinajstić information content (AvgIpc) is 2.43. The van der Waals surface area contributed by atoms with Crippen LogP contribution in [0, 0.1) is 11.3 Å². The molecule has 0 saturated heterocycles. The number of nitrogens with zero attached hydrogens (tertiary/aromatic N) is 1. The topological polar surface area (TPSA) is 53.2 Å². The van der Waals surface area contributed by atoms with Gasteiger partial charge < -0.3 is 9.84 Å². The number of nitriles is 1. The third kappa shape index (κ3) is 2.86. The fourth-order valence-electron chi connectivity index (χ4n) is 1.84. The van der Waals surface area contributed by atoms with Gasteiger partial charge >= 0.3 is 0 Å². The van der Waals surface area contributed by atoms with E-state index in [2.05, 4.69) is 6.07 Å². The van der Waals surface area contributed by atoms with Gasteiger partial charge in [0.05, 0.1) is 12.7 Å². The minimum atomic E-state index is -0.568. The lowest BCUT2D eigenvalue weighted by molar-refractivity contribution is 0.0774. The molecule has 1 atom stereocenters. The molecule has 0 amide bonds. The highest BCUT2D eigenvalue weighted by Gasteiger charge is 2.10. The molecule has 92 valence electrons. The standard InChI is InChI=1S/C15H15NO2/c16-11-15(18-9-3-8-17)14-7-6-12-4-1-2-5-13(12)10-14/h1-2,4-7,10,15,17H,3,8-9H2. The number of ether oxygens (including phenoxy) is 1. The minimum absolute atomic E-state index is 0.0792. The highest BCUT2D eigenvalue weighted by Crippen LogP contribution is 2.22. The molecule has 1 unspecified atom stereocenters. The molecule has 2 aromatic carbocycles. The van der Waals surface area contributed by atoms with Crippen molar-refractivity contribution in [2.75, 3.05) is 13.2 Å². The van der Waals surface area contributed by atoms with Crippen LogP contribution in [0.1, 0.15) is 18.1 Å². The lowest BCUT2D eigenvalue weighted by atomic mass is 10.0. The lowest BCUT2D eigenvalue weighted by Crippen LogP contribution is -2.04. The van der Waals surface area contributed by atoms with E-state index in [1.807, 2.05) is 42.5 Å². The summed E-state index contributed by atoms with van der Waals surface area (Å²) in [7, 11) is 0. The first kappa shape index (κ1) is 12.6. The van der Waals surface area contributed by atoms with Crippen molar-refractivity contribution in [2.24, 2.45) is 0 Å². The second-order valence-electron chi connectivity index (χ2n) is 4.06. The van der Waals surface area contributed by atoms with Crippen molar-refractivity contribution >= 4 is 10.8 Å². The number of rotatable bonds is 5. The van der Waals surface area contributed by atoms with Crippen molar-refractivity contribution in [1.29, 1.82) is 5.26 Å². The molecule has 0 bridgehead atoms. The van der Waals surface area contributed by atoms with Crippen LogP contribution in [-0.2, 0) is 4.74 Å². The number of fused-ring (bicyclic) bond motifs is 1. The van der Waals surface area contributed by atoms with Crippen molar-refractivity contribution in [3.63, 3.8) is 0 Å². The first-order valence-corrected chi connectivity index (χ1v) is 5.96. The molecule has 0 aliphatic rings. The van der Waals surface area contributed by atoms with Crippen LogP contribution in [0.3, 0.4) is 0 Å². The van der Waals surface area contributed by atoms with E-state index in [9.17, 15) is 0 Å². The van der Waals surface area contributed by atoms with E-state index in [4.69, 9.17) is 15.1 Å². The van der Waals surface area contributed by atoms with Crippen LogP contribution in [0.25, 0.3) is 10.8 Å². The summed E-state index contributed by atoms with van der Waals surface area (Å²) < 4.78 is 5.45. The number of hydrogen-bond acceptors (Lipinski definition) is 3. The quantitative estimate of drug-likeness (QED) is 0.819.